The maximum absolute atomic E-state index is 5.90. The zero-order valence-electron chi connectivity index (χ0n) is 11.4. The minimum Gasteiger partial charge on any atom is -0.449 e. The maximum Gasteiger partial charge on any atom is 0.517 e. The average molecular weight is 237 g/mol. The van der Waals surface area contributed by atoms with E-state index in [0.717, 1.165) is 5.89 Å². The summed E-state index contributed by atoms with van der Waals surface area (Å²) < 4.78 is 17.2. The number of oxazole rings is 1. The predicted octanol–water partition coefficient (Wildman–Crippen LogP) is 2.10. The summed E-state index contributed by atoms with van der Waals surface area (Å²) in [5.74, 6) is 0.987. The van der Waals surface area contributed by atoms with Crippen LogP contribution in [0.25, 0.3) is 0 Å². The van der Waals surface area contributed by atoms with Gasteiger partial charge in [0.1, 0.15) is 11.9 Å². The van der Waals surface area contributed by atoms with Crippen LogP contribution in [0.4, 0.5) is 0 Å². The van der Waals surface area contributed by atoms with Crippen LogP contribution in [0.3, 0.4) is 0 Å². The molecule has 1 saturated heterocycles. The molecular weight excluding hydrogens is 217 g/mol. The number of hydrogen-bond donors (Lipinski definition) is 0. The number of rotatable bonds is 2. The van der Waals surface area contributed by atoms with Gasteiger partial charge < -0.3 is 13.7 Å². The largest absolute Gasteiger partial charge is 0.517 e. The van der Waals surface area contributed by atoms with Gasteiger partial charge in [0.05, 0.1) is 11.2 Å². The highest BCUT2D eigenvalue weighted by atomic mass is 16.7. The molecule has 2 heterocycles. The van der Waals surface area contributed by atoms with Crippen LogP contribution >= 0.6 is 0 Å². The fourth-order valence-corrected chi connectivity index (χ4v) is 1.64. The molecule has 0 aromatic carbocycles. The standard InChI is InChI=1S/C12H20BNO3/c1-8(2)10-14-9(7-15-10)13-16-11(3,4)12(5,6)17-13/h7-8H,1-6H3. The first-order chi connectivity index (χ1) is 7.73. The predicted molar refractivity (Wildman–Crippen MR) is 66.3 cm³/mol. The van der Waals surface area contributed by atoms with E-state index in [9.17, 15) is 0 Å². The minimum atomic E-state index is -0.434. The van der Waals surface area contributed by atoms with Crippen molar-refractivity contribution >= 4 is 12.7 Å². The lowest BCUT2D eigenvalue weighted by molar-refractivity contribution is 0.00578. The summed E-state index contributed by atoms with van der Waals surface area (Å²) in [6.45, 7) is 12.2. The van der Waals surface area contributed by atoms with Gasteiger partial charge in [-0.2, -0.15) is 0 Å². The molecule has 0 spiro atoms. The van der Waals surface area contributed by atoms with Crippen molar-refractivity contribution < 1.29 is 13.7 Å². The lowest BCUT2D eigenvalue weighted by atomic mass is 9.86. The van der Waals surface area contributed by atoms with Gasteiger partial charge in [-0.05, 0) is 27.7 Å². The highest BCUT2D eigenvalue weighted by Crippen LogP contribution is 2.36. The maximum atomic E-state index is 5.90. The van der Waals surface area contributed by atoms with E-state index in [2.05, 4.69) is 4.98 Å². The lowest BCUT2D eigenvalue weighted by Gasteiger charge is -2.32. The van der Waals surface area contributed by atoms with Crippen molar-refractivity contribution in [3.05, 3.63) is 12.2 Å². The highest BCUT2D eigenvalue weighted by Gasteiger charge is 2.52. The molecular formula is C12H20BNO3. The Labute approximate surface area is 103 Å². The van der Waals surface area contributed by atoms with Gasteiger partial charge in [0.2, 0.25) is 0 Å². The number of nitrogens with zero attached hydrogens (tertiary/aromatic N) is 1. The van der Waals surface area contributed by atoms with E-state index >= 15 is 0 Å². The van der Waals surface area contributed by atoms with Gasteiger partial charge in [0.25, 0.3) is 0 Å². The zero-order valence-corrected chi connectivity index (χ0v) is 11.4. The molecule has 1 fully saturated rings. The Morgan fingerprint density at radius 3 is 2.06 bits per heavy atom. The molecule has 17 heavy (non-hydrogen) atoms. The molecule has 5 heteroatoms. The zero-order chi connectivity index (χ0) is 12.8. The minimum absolute atomic E-state index is 0.270. The van der Waals surface area contributed by atoms with Crippen LogP contribution in [0, 0.1) is 0 Å². The SMILES string of the molecule is CC(C)c1nc(B2OC(C)(C)C(C)(C)O2)co1. The van der Waals surface area contributed by atoms with Crippen molar-refractivity contribution in [1.29, 1.82) is 0 Å². The Balaban J connectivity index is 2.20. The molecule has 0 radical (unpaired) electrons. The topological polar surface area (TPSA) is 44.5 Å². The molecule has 1 aromatic rings. The molecule has 0 unspecified atom stereocenters. The van der Waals surface area contributed by atoms with E-state index in [1.54, 1.807) is 6.26 Å². The van der Waals surface area contributed by atoms with Crippen molar-refractivity contribution in [2.75, 3.05) is 0 Å². The normalized spacial score (nSPS) is 22.4. The Kier molecular flexibility index (Phi) is 2.87. The van der Waals surface area contributed by atoms with Gasteiger partial charge in [0.15, 0.2) is 5.89 Å². The van der Waals surface area contributed by atoms with Gasteiger partial charge >= 0.3 is 7.12 Å². The summed E-state index contributed by atoms with van der Waals surface area (Å²) >= 11 is 0. The van der Waals surface area contributed by atoms with Crippen LogP contribution in [0.1, 0.15) is 53.4 Å². The van der Waals surface area contributed by atoms with Crippen LogP contribution in [-0.2, 0) is 9.31 Å². The highest BCUT2D eigenvalue weighted by molar-refractivity contribution is 6.61. The van der Waals surface area contributed by atoms with Crippen molar-refractivity contribution in [1.82, 2.24) is 4.98 Å². The quantitative estimate of drug-likeness (QED) is 0.739. The van der Waals surface area contributed by atoms with Crippen LogP contribution in [-0.4, -0.2) is 23.3 Å². The first-order valence-electron chi connectivity index (χ1n) is 6.04. The number of hydrogen-bond acceptors (Lipinski definition) is 4. The van der Waals surface area contributed by atoms with Gasteiger partial charge in [-0.15, -0.1) is 0 Å². The van der Waals surface area contributed by atoms with E-state index < -0.39 is 7.12 Å². The molecule has 4 nitrogen and oxygen atoms in total. The number of aromatic nitrogens is 1. The summed E-state index contributed by atoms with van der Waals surface area (Å²) in [5, 5.41) is 0. The third-order valence-electron chi connectivity index (χ3n) is 3.53. The molecule has 0 saturated carbocycles. The molecule has 1 aliphatic heterocycles. The van der Waals surface area contributed by atoms with E-state index in [1.807, 2.05) is 41.5 Å². The Morgan fingerprint density at radius 1 is 1.12 bits per heavy atom. The molecule has 0 bridgehead atoms. The molecule has 94 valence electrons. The molecule has 1 aromatic heterocycles. The second-order valence-electron chi connectivity index (χ2n) is 5.85. The first-order valence-corrected chi connectivity index (χ1v) is 6.04. The molecule has 0 aliphatic carbocycles. The summed E-state index contributed by atoms with van der Waals surface area (Å²) in [6, 6.07) is 0. The fourth-order valence-electron chi connectivity index (χ4n) is 1.64. The molecule has 2 rings (SSSR count). The monoisotopic (exact) mass is 237 g/mol. The molecule has 0 atom stereocenters. The lowest BCUT2D eigenvalue weighted by Crippen LogP contribution is -2.41. The van der Waals surface area contributed by atoms with Gasteiger partial charge in [-0.3, -0.25) is 0 Å². The van der Waals surface area contributed by atoms with Crippen molar-refractivity contribution in [2.24, 2.45) is 0 Å². The summed E-state index contributed by atoms with van der Waals surface area (Å²) in [4.78, 5) is 4.41. The van der Waals surface area contributed by atoms with Crippen LogP contribution in [0.2, 0.25) is 0 Å². The van der Waals surface area contributed by atoms with Crippen molar-refractivity contribution in [3.8, 4) is 0 Å². The fraction of sp³-hybridized carbons (Fsp3) is 0.750. The Morgan fingerprint density at radius 2 is 1.65 bits per heavy atom. The summed E-state index contributed by atoms with van der Waals surface area (Å²) in [7, 11) is -0.434. The molecule has 1 aliphatic rings. The average Bonchev–Trinajstić information content (AvgIpc) is 2.70. The second kappa shape index (κ2) is 3.85. The summed E-state index contributed by atoms with van der Waals surface area (Å²) in [5.41, 5.74) is 0.0378. The molecule has 0 amide bonds. The Bertz CT molecular complexity index is 396. The Hall–Kier alpha value is -0.805. The van der Waals surface area contributed by atoms with Crippen LogP contribution < -0.4 is 5.59 Å². The van der Waals surface area contributed by atoms with Crippen molar-refractivity contribution in [3.63, 3.8) is 0 Å². The van der Waals surface area contributed by atoms with Gasteiger partial charge in [-0.1, -0.05) is 13.8 Å². The molecule has 0 N–H and O–H groups in total. The van der Waals surface area contributed by atoms with Crippen molar-refractivity contribution in [2.45, 2.75) is 58.7 Å². The van der Waals surface area contributed by atoms with E-state index in [4.69, 9.17) is 13.7 Å². The van der Waals surface area contributed by atoms with E-state index in [0.29, 0.717) is 5.59 Å². The van der Waals surface area contributed by atoms with E-state index in [1.165, 1.54) is 0 Å². The van der Waals surface area contributed by atoms with Crippen LogP contribution in [0.5, 0.6) is 0 Å². The third-order valence-corrected chi connectivity index (χ3v) is 3.53. The van der Waals surface area contributed by atoms with E-state index in [-0.39, 0.29) is 17.1 Å². The van der Waals surface area contributed by atoms with Crippen LogP contribution in [0.15, 0.2) is 10.7 Å². The second-order valence-corrected chi connectivity index (χ2v) is 5.85. The first kappa shape index (κ1) is 12.6. The third kappa shape index (κ3) is 2.14. The van der Waals surface area contributed by atoms with Gasteiger partial charge in [0, 0.05) is 5.92 Å². The summed E-state index contributed by atoms with van der Waals surface area (Å²) in [6.07, 6.45) is 1.62. The smallest absolute Gasteiger partial charge is 0.449 e. The van der Waals surface area contributed by atoms with Gasteiger partial charge in [-0.25, -0.2) is 4.98 Å².